The van der Waals surface area contributed by atoms with Gasteiger partial charge in [0.1, 0.15) is 5.75 Å². The van der Waals surface area contributed by atoms with E-state index in [1.54, 1.807) is 48.5 Å². The number of ether oxygens (including phenoxy) is 3. The van der Waals surface area contributed by atoms with Gasteiger partial charge in [0.25, 0.3) is 5.91 Å². The van der Waals surface area contributed by atoms with Gasteiger partial charge in [-0.3, -0.25) is 4.79 Å². The number of nitrogens with one attached hydrogen (secondary N) is 1. The molecular weight excluding hydrogens is 443 g/mol. The largest absolute Gasteiger partial charge is 0.454 e. The van der Waals surface area contributed by atoms with Gasteiger partial charge >= 0.3 is 5.97 Å². The first-order valence-corrected chi connectivity index (χ1v) is 9.76. The Hall–Kier alpha value is -3.55. The van der Waals surface area contributed by atoms with E-state index >= 15 is 0 Å². The molecule has 0 spiro atoms. The molecule has 9 heteroatoms. The number of amides is 1. The fraction of sp³-hybridized carbons (Fsp3) is 0.0455. The molecule has 4 rings (SSSR count). The molecule has 1 N–H and O–H groups in total. The third-order valence-electron chi connectivity index (χ3n) is 4.28. The highest BCUT2D eigenvalue weighted by Crippen LogP contribution is 2.33. The first kappa shape index (κ1) is 20.7. The van der Waals surface area contributed by atoms with E-state index in [2.05, 4.69) is 10.5 Å². The summed E-state index contributed by atoms with van der Waals surface area (Å²) < 4.78 is 16.0. The molecule has 1 heterocycles. The van der Waals surface area contributed by atoms with Crippen molar-refractivity contribution in [2.75, 3.05) is 6.79 Å². The molecule has 7 nitrogen and oxygen atoms in total. The number of rotatable bonds is 5. The first-order chi connectivity index (χ1) is 15.0. The van der Waals surface area contributed by atoms with Gasteiger partial charge in [-0.05, 0) is 48.5 Å². The highest BCUT2D eigenvalue weighted by Gasteiger charge is 2.18. The predicted octanol–water partition coefficient (Wildman–Crippen LogP) is 4.71. The van der Waals surface area contributed by atoms with Crippen LogP contribution in [-0.4, -0.2) is 24.9 Å². The van der Waals surface area contributed by atoms with Gasteiger partial charge in [0, 0.05) is 10.6 Å². The summed E-state index contributed by atoms with van der Waals surface area (Å²) in [6.45, 7) is 0.111. The highest BCUT2D eigenvalue weighted by molar-refractivity contribution is 6.36. The Labute approximate surface area is 187 Å². The van der Waals surface area contributed by atoms with Crippen molar-refractivity contribution in [3.05, 3.63) is 87.4 Å². The van der Waals surface area contributed by atoms with Crippen LogP contribution in [0.5, 0.6) is 17.2 Å². The second kappa shape index (κ2) is 9.07. The van der Waals surface area contributed by atoms with E-state index in [0.717, 1.165) is 0 Å². The predicted molar refractivity (Wildman–Crippen MR) is 115 cm³/mol. The van der Waals surface area contributed by atoms with Crippen molar-refractivity contribution < 1.29 is 23.8 Å². The molecule has 3 aromatic carbocycles. The van der Waals surface area contributed by atoms with Crippen LogP contribution in [0.25, 0.3) is 0 Å². The topological polar surface area (TPSA) is 86.2 Å². The van der Waals surface area contributed by atoms with Crippen LogP contribution in [0.3, 0.4) is 0 Å². The molecule has 0 fully saturated rings. The molecule has 0 unspecified atom stereocenters. The molecule has 0 radical (unpaired) electrons. The van der Waals surface area contributed by atoms with Crippen molar-refractivity contribution in [3.8, 4) is 17.2 Å². The maximum atomic E-state index is 12.5. The Morgan fingerprint density at radius 2 is 1.81 bits per heavy atom. The second-order valence-corrected chi connectivity index (χ2v) is 7.16. The second-order valence-electron chi connectivity index (χ2n) is 6.32. The summed E-state index contributed by atoms with van der Waals surface area (Å²) in [5.41, 5.74) is 3.40. The summed E-state index contributed by atoms with van der Waals surface area (Å²) in [5, 5.41) is 4.55. The van der Waals surface area contributed by atoms with Gasteiger partial charge < -0.3 is 14.2 Å². The Morgan fingerprint density at radius 1 is 1.00 bits per heavy atom. The third kappa shape index (κ3) is 4.79. The zero-order valence-electron chi connectivity index (χ0n) is 15.8. The number of para-hydroxylation sites is 1. The van der Waals surface area contributed by atoms with E-state index in [1.807, 2.05) is 0 Å². The summed E-state index contributed by atoms with van der Waals surface area (Å²) in [4.78, 5) is 24.8. The molecule has 3 aromatic rings. The van der Waals surface area contributed by atoms with E-state index in [0.29, 0.717) is 27.6 Å². The fourth-order valence-electron chi connectivity index (χ4n) is 2.76. The van der Waals surface area contributed by atoms with Crippen molar-refractivity contribution in [2.45, 2.75) is 0 Å². The molecule has 1 aliphatic rings. The highest BCUT2D eigenvalue weighted by atomic mass is 35.5. The summed E-state index contributed by atoms with van der Waals surface area (Å²) >= 11 is 11.9. The lowest BCUT2D eigenvalue weighted by Gasteiger charge is -2.08. The Morgan fingerprint density at radius 3 is 2.65 bits per heavy atom. The van der Waals surface area contributed by atoms with Crippen molar-refractivity contribution in [2.24, 2.45) is 5.10 Å². The standard InChI is InChI=1S/C22H14Cl2N2O5/c23-15-6-7-16(17(24)10-15)21(27)26-25-11-14-3-1-2-4-18(14)31-22(28)13-5-8-19-20(9-13)30-12-29-19/h1-11H,12H2,(H,26,27)/b25-11+. The van der Waals surface area contributed by atoms with Crippen molar-refractivity contribution >= 4 is 41.3 Å². The van der Waals surface area contributed by atoms with Crippen LogP contribution >= 0.6 is 23.2 Å². The zero-order valence-corrected chi connectivity index (χ0v) is 17.3. The maximum absolute atomic E-state index is 12.5. The van der Waals surface area contributed by atoms with Crippen molar-refractivity contribution in [3.63, 3.8) is 0 Å². The van der Waals surface area contributed by atoms with E-state index in [1.165, 1.54) is 18.3 Å². The number of hydrazone groups is 1. The van der Waals surface area contributed by atoms with Gasteiger partial charge in [-0.25, -0.2) is 10.2 Å². The number of hydrogen-bond donors (Lipinski definition) is 1. The van der Waals surface area contributed by atoms with Gasteiger partial charge in [0.15, 0.2) is 11.5 Å². The number of carbonyl (C=O) groups excluding carboxylic acids is 2. The lowest BCUT2D eigenvalue weighted by atomic mass is 10.2. The number of fused-ring (bicyclic) bond motifs is 1. The Kier molecular flexibility index (Phi) is 6.06. The van der Waals surface area contributed by atoms with E-state index in [9.17, 15) is 9.59 Å². The lowest BCUT2D eigenvalue weighted by molar-refractivity contribution is 0.0733. The molecule has 1 amide bonds. The summed E-state index contributed by atoms with van der Waals surface area (Å²) in [6, 6.07) is 16.1. The average molecular weight is 457 g/mol. The summed E-state index contributed by atoms with van der Waals surface area (Å²) in [5.74, 6) is 0.241. The zero-order chi connectivity index (χ0) is 21.8. The van der Waals surface area contributed by atoms with Crippen molar-refractivity contribution in [1.29, 1.82) is 0 Å². The lowest BCUT2D eigenvalue weighted by Crippen LogP contribution is -2.18. The number of esters is 1. The van der Waals surface area contributed by atoms with Crippen LogP contribution in [0, 0.1) is 0 Å². The molecule has 1 aliphatic heterocycles. The summed E-state index contributed by atoms with van der Waals surface area (Å²) in [7, 11) is 0. The molecule has 0 bridgehead atoms. The monoisotopic (exact) mass is 456 g/mol. The fourth-order valence-corrected chi connectivity index (χ4v) is 3.25. The number of benzene rings is 3. The Balaban J connectivity index is 1.45. The molecule has 31 heavy (non-hydrogen) atoms. The van der Waals surface area contributed by atoms with E-state index < -0.39 is 11.9 Å². The minimum atomic E-state index is -0.573. The van der Waals surface area contributed by atoms with Crippen LogP contribution in [-0.2, 0) is 0 Å². The van der Waals surface area contributed by atoms with Gasteiger partial charge in [-0.1, -0.05) is 35.3 Å². The minimum absolute atomic E-state index is 0.111. The molecule has 0 atom stereocenters. The number of carbonyl (C=O) groups is 2. The Bertz CT molecular complexity index is 1200. The smallest absolute Gasteiger partial charge is 0.343 e. The van der Waals surface area contributed by atoms with Gasteiger partial charge in [0.2, 0.25) is 6.79 Å². The van der Waals surface area contributed by atoms with Gasteiger partial charge in [-0.2, -0.15) is 5.10 Å². The normalized spacial score (nSPS) is 12.1. The van der Waals surface area contributed by atoms with Crippen LogP contribution in [0.1, 0.15) is 26.3 Å². The van der Waals surface area contributed by atoms with Crippen molar-refractivity contribution in [1.82, 2.24) is 5.43 Å². The maximum Gasteiger partial charge on any atom is 0.343 e. The van der Waals surface area contributed by atoms with E-state index in [4.69, 9.17) is 37.4 Å². The number of hydrogen-bond acceptors (Lipinski definition) is 6. The molecule has 0 saturated heterocycles. The molecule has 0 aliphatic carbocycles. The first-order valence-electron chi connectivity index (χ1n) is 9.00. The SMILES string of the molecule is O=C(Oc1ccccc1/C=N/NC(=O)c1ccc(Cl)cc1Cl)c1ccc2c(c1)OCO2. The van der Waals surface area contributed by atoms with Crippen LogP contribution < -0.4 is 19.6 Å². The van der Waals surface area contributed by atoms with Crippen LogP contribution in [0.4, 0.5) is 0 Å². The van der Waals surface area contributed by atoms with E-state index in [-0.39, 0.29) is 23.1 Å². The van der Waals surface area contributed by atoms with Gasteiger partial charge in [0.05, 0.1) is 22.4 Å². The average Bonchev–Trinajstić information content (AvgIpc) is 3.22. The molecule has 156 valence electrons. The third-order valence-corrected chi connectivity index (χ3v) is 4.82. The number of halogens is 2. The minimum Gasteiger partial charge on any atom is -0.454 e. The number of nitrogens with zero attached hydrogens (tertiary/aromatic N) is 1. The molecule has 0 saturated carbocycles. The molecular formula is C22H14Cl2N2O5. The quantitative estimate of drug-likeness (QED) is 0.260. The van der Waals surface area contributed by atoms with Gasteiger partial charge in [-0.15, -0.1) is 0 Å². The van der Waals surface area contributed by atoms with Crippen LogP contribution in [0.2, 0.25) is 10.0 Å². The van der Waals surface area contributed by atoms with Crippen LogP contribution in [0.15, 0.2) is 65.8 Å². The summed E-state index contributed by atoms with van der Waals surface area (Å²) in [6.07, 6.45) is 1.37. The molecule has 0 aromatic heterocycles.